The molecule has 98 valence electrons. The van der Waals surface area contributed by atoms with E-state index in [0.29, 0.717) is 11.8 Å². The molecule has 0 aliphatic heterocycles. The summed E-state index contributed by atoms with van der Waals surface area (Å²) in [4.78, 5) is 0. The van der Waals surface area contributed by atoms with E-state index >= 15 is 0 Å². The lowest BCUT2D eigenvalue weighted by Crippen LogP contribution is -2.31. The first-order valence-electron chi connectivity index (χ1n) is 6.07. The molecule has 0 saturated carbocycles. The molecule has 0 amide bonds. The molecule has 0 aromatic rings. The maximum Gasteiger partial charge on any atom is 0.147 e. The molecule has 0 bridgehead atoms. The van der Waals surface area contributed by atoms with Gasteiger partial charge in [0.25, 0.3) is 0 Å². The molecule has 0 heterocycles. The summed E-state index contributed by atoms with van der Waals surface area (Å²) in [6, 6.07) is 0.498. The number of rotatable bonds is 8. The Kier molecular flexibility index (Phi) is 6.56. The molecule has 0 aliphatic carbocycles. The zero-order valence-electron chi connectivity index (χ0n) is 11.3. The van der Waals surface area contributed by atoms with Gasteiger partial charge in [-0.25, -0.2) is 8.42 Å². The lowest BCUT2D eigenvalue weighted by molar-refractivity contribution is 0.268. The first-order valence-corrected chi connectivity index (χ1v) is 8.13. The van der Waals surface area contributed by atoms with Crippen LogP contribution in [-0.2, 0) is 9.84 Å². The SMILES string of the molecule is CCNC(C)CC(C)(C)CCCS(C)(=O)=O. The molecular formula is C12H27NO2S. The van der Waals surface area contributed by atoms with Gasteiger partial charge in [0.15, 0.2) is 0 Å². The Labute approximate surface area is 101 Å². The molecule has 16 heavy (non-hydrogen) atoms. The lowest BCUT2D eigenvalue weighted by atomic mass is 9.82. The highest BCUT2D eigenvalue weighted by Crippen LogP contribution is 2.28. The fourth-order valence-corrected chi connectivity index (χ4v) is 2.83. The Hall–Kier alpha value is -0.0900. The minimum Gasteiger partial charge on any atom is -0.315 e. The Morgan fingerprint density at radius 2 is 1.88 bits per heavy atom. The zero-order valence-corrected chi connectivity index (χ0v) is 12.2. The second kappa shape index (κ2) is 6.60. The van der Waals surface area contributed by atoms with Gasteiger partial charge >= 0.3 is 0 Å². The average molecular weight is 249 g/mol. The Morgan fingerprint density at radius 3 is 2.31 bits per heavy atom. The molecular weight excluding hydrogens is 222 g/mol. The van der Waals surface area contributed by atoms with Gasteiger partial charge in [0, 0.05) is 18.1 Å². The van der Waals surface area contributed by atoms with E-state index in [1.54, 1.807) is 0 Å². The van der Waals surface area contributed by atoms with Crippen LogP contribution in [0.2, 0.25) is 0 Å². The van der Waals surface area contributed by atoms with Crippen molar-refractivity contribution in [3.63, 3.8) is 0 Å². The Morgan fingerprint density at radius 1 is 1.31 bits per heavy atom. The predicted molar refractivity (Wildman–Crippen MR) is 70.5 cm³/mol. The van der Waals surface area contributed by atoms with Crippen LogP contribution in [0, 0.1) is 5.41 Å². The maximum atomic E-state index is 11.0. The van der Waals surface area contributed by atoms with Crippen LogP contribution in [0.4, 0.5) is 0 Å². The standard InChI is InChI=1S/C12H27NO2S/c1-6-13-11(2)10-12(3,4)8-7-9-16(5,14)15/h11,13H,6-10H2,1-5H3. The van der Waals surface area contributed by atoms with E-state index in [1.807, 2.05) is 0 Å². The summed E-state index contributed by atoms with van der Waals surface area (Å²) in [6.45, 7) is 9.70. The van der Waals surface area contributed by atoms with Crippen molar-refractivity contribution < 1.29 is 8.42 Å². The third-order valence-corrected chi connectivity index (χ3v) is 3.81. The first kappa shape index (κ1) is 15.9. The van der Waals surface area contributed by atoms with Crippen molar-refractivity contribution >= 4 is 9.84 Å². The summed E-state index contributed by atoms with van der Waals surface area (Å²) in [5, 5.41) is 3.39. The highest BCUT2D eigenvalue weighted by atomic mass is 32.2. The third-order valence-electron chi connectivity index (χ3n) is 2.78. The van der Waals surface area contributed by atoms with Crippen LogP contribution in [0.25, 0.3) is 0 Å². The molecule has 3 nitrogen and oxygen atoms in total. The molecule has 1 unspecified atom stereocenters. The fourth-order valence-electron chi connectivity index (χ4n) is 2.16. The van der Waals surface area contributed by atoms with E-state index in [-0.39, 0.29) is 5.41 Å². The first-order chi connectivity index (χ1) is 7.16. The van der Waals surface area contributed by atoms with Gasteiger partial charge in [-0.05, 0) is 38.1 Å². The summed E-state index contributed by atoms with van der Waals surface area (Å²) in [6.07, 6.45) is 4.13. The molecule has 0 radical (unpaired) electrons. The minimum atomic E-state index is -2.80. The van der Waals surface area contributed by atoms with E-state index < -0.39 is 9.84 Å². The largest absolute Gasteiger partial charge is 0.315 e. The monoisotopic (exact) mass is 249 g/mol. The van der Waals surface area contributed by atoms with Gasteiger partial charge in [-0.1, -0.05) is 20.8 Å². The van der Waals surface area contributed by atoms with Gasteiger partial charge < -0.3 is 5.32 Å². The van der Waals surface area contributed by atoms with Gasteiger partial charge in [0.05, 0.1) is 0 Å². The van der Waals surface area contributed by atoms with Gasteiger partial charge in [-0.15, -0.1) is 0 Å². The summed E-state index contributed by atoms with van der Waals surface area (Å²) in [5.74, 6) is 0.312. The van der Waals surface area contributed by atoms with Gasteiger partial charge in [0.2, 0.25) is 0 Å². The maximum absolute atomic E-state index is 11.0. The van der Waals surface area contributed by atoms with Crippen molar-refractivity contribution in [2.45, 2.75) is 53.0 Å². The quantitative estimate of drug-likeness (QED) is 0.717. The van der Waals surface area contributed by atoms with Crippen molar-refractivity contribution in [3.05, 3.63) is 0 Å². The van der Waals surface area contributed by atoms with E-state index in [9.17, 15) is 8.42 Å². The van der Waals surface area contributed by atoms with E-state index in [1.165, 1.54) is 6.26 Å². The topological polar surface area (TPSA) is 46.2 Å². The predicted octanol–water partition coefficient (Wildman–Crippen LogP) is 2.23. The van der Waals surface area contributed by atoms with E-state index in [4.69, 9.17) is 0 Å². The molecule has 0 aliphatic rings. The van der Waals surface area contributed by atoms with Crippen LogP contribution in [-0.4, -0.2) is 33.0 Å². The third kappa shape index (κ3) is 9.16. The summed E-state index contributed by atoms with van der Waals surface area (Å²) >= 11 is 0. The minimum absolute atomic E-state index is 0.215. The highest BCUT2D eigenvalue weighted by Gasteiger charge is 2.21. The van der Waals surface area contributed by atoms with Gasteiger partial charge in [0.1, 0.15) is 9.84 Å². The zero-order chi connectivity index (χ0) is 12.8. The number of hydrogen-bond donors (Lipinski definition) is 1. The average Bonchev–Trinajstić information content (AvgIpc) is 1.99. The van der Waals surface area contributed by atoms with Crippen LogP contribution < -0.4 is 5.32 Å². The fraction of sp³-hybridized carbons (Fsp3) is 1.00. The van der Waals surface area contributed by atoms with Crippen molar-refractivity contribution in [2.24, 2.45) is 5.41 Å². The molecule has 4 heteroatoms. The normalized spacial score (nSPS) is 15.1. The summed E-state index contributed by atoms with van der Waals surface area (Å²) < 4.78 is 22.1. The molecule has 0 saturated heterocycles. The van der Waals surface area contributed by atoms with E-state index in [0.717, 1.165) is 25.8 Å². The van der Waals surface area contributed by atoms with Crippen LogP contribution in [0.3, 0.4) is 0 Å². The number of nitrogens with one attached hydrogen (secondary N) is 1. The van der Waals surface area contributed by atoms with Gasteiger partial charge in [-0.2, -0.15) is 0 Å². The number of sulfone groups is 1. The van der Waals surface area contributed by atoms with Gasteiger partial charge in [-0.3, -0.25) is 0 Å². The number of hydrogen-bond acceptors (Lipinski definition) is 3. The molecule has 0 rings (SSSR count). The molecule has 0 spiro atoms. The van der Waals surface area contributed by atoms with Crippen LogP contribution in [0.5, 0.6) is 0 Å². The smallest absolute Gasteiger partial charge is 0.147 e. The van der Waals surface area contributed by atoms with Crippen molar-refractivity contribution in [1.82, 2.24) is 5.32 Å². The molecule has 0 aromatic carbocycles. The Bertz CT molecular complexity index is 283. The van der Waals surface area contributed by atoms with Crippen molar-refractivity contribution in [2.75, 3.05) is 18.6 Å². The molecule has 0 aromatic heterocycles. The lowest BCUT2D eigenvalue weighted by Gasteiger charge is -2.28. The van der Waals surface area contributed by atoms with Crippen molar-refractivity contribution in [1.29, 1.82) is 0 Å². The summed E-state index contributed by atoms with van der Waals surface area (Å²) in [7, 11) is -2.80. The van der Waals surface area contributed by atoms with Crippen LogP contribution in [0.15, 0.2) is 0 Å². The highest BCUT2D eigenvalue weighted by molar-refractivity contribution is 7.90. The second-order valence-electron chi connectivity index (χ2n) is 5.56. The van der Waals surface area contributed by atoms with Crippen LogP contribution >= 0.6 is 0 Å². The molecule has 1 N–H and O–H groups in total. The summed E-state index contributed by atoms with van der Waals surface area (Å²) in [5.41, 5.74) is 0.215. The van der Waals surface area contributed by atoms with Crippen LogP contribution in [0.1, 0.15) is 47.0 Å². The second-order valence-corrected chi connectivity index (χ2v) is 7.82. The molecule has 1 atom stereocenters. The Balaban J connectivity index is 3.95. The van der Waals surface area contributed by atoms with Crippen molar-refractivity contribution in [3.8, 4) is 0 Å². The van der Waals surface area contributed by atoms with E-state index in [2.05, 4.69) is 33.0 Å². The molecule has 0 fully saturated rings.